The van der Waals surface area contributed by atoms with Crippen molar-refractivity contribution in [2.24, 2.45) is 5.73 Å². The molecule has 8 heteroatoms. The fraction of sp³-hybridized carbons (Fsp3) is 0.125. The van der Waals surface area contributed by atoms with Crippen LogP contribution in [-0.4, -0.2) is 25.2 Å². The standard InChI is InChI=1S/C16H14ClN3O4/c17-10-5-13-14(24-8-23-13)6-12(10)20-15(21)7-19-11-4-2-1-3-9(11)16(18)22/h1-6,19H,7-8H2,(H2,18,22)(H,20,21). The number of fused-ring (bicyclic) bond motifs is 1. The van der Waals surface area contributed by atoms with Gasteiger partial charge in [-0.1, -0.05) is 23.7 Å². The maximum absolute atomic E-state index is 12.1. The molecule has 0 saturated heterocycles. The van der Waals surface area contributed by atoms with E-state index in [1.54, 1.807) is 36.4 Å². The summed E-state index contributed by atoms with van der Waals surface area (Å²) in [6, 6.07) is 9.85. The van der Waals surface area contributed by atoms with E-state index in [9.17, 15) is 9.59 Å². The van der Waals surface area contributed by atoms with E-state index in [2.05, 4.69) is 10.6 Å². The van der Waals surface area contributed by atoms with Gasteiger partial charge in [-0.15, -0.1) is 0 Å². The average Bonchev–Trinajstić information content (AvgIpc) is 3.00. The van der Waals surface area contributed by atoms with E-state index in [4.69, 9.17) is 26.8 Å². The van der Waals surface area contributed by atoms with Crippen LogP contribution in [0.4, 0.5) is 11.4 Å². The van der Waals surface area contributed by atoms with Gasteiger partial charge in [0, 0.05) is 17.8 Å². The number of ether oxygens (including phenoxy) is 2. The molecule has 1 aliphatic heterocycles. The van der Waals surface area contributed by atoms with Gasteiger partial charge in [-0.25, -0.2) is 0 Å². The second-order valence-corrected chi connectivity index (χ2v) is 5.40. The number of hydrogen-bond acceptors (Lipinski definition) is 5. The van der Waals surface area contributed by atoms with Crippen LogP contribution in [0.25, 0.3) is 0 Å². The quantitative estimate of drug-likeness (QED) is 0.769. The van der Waals surface area contributed by atoms with Gasteiger partial charge in [0.15, 0.2) is 11.5 Å². The number of carbonyl (C=O) groups is 2. The summed E-state index contributed by atoms with van der Waals surface area (Å²) in [5.74, 6) is 0.139. The number of amides is 2. The van der Waals surface area contributed by atoms with E-state index in [1.165, 1.54) is 0 Å². The summed E-state index contributed by atoms with van der Waals surface area (Å²) in [6.45, 7) is 0.0591. The molecule has 2 aromatic rings. The Morgan fingerprint density at radius 2 is 1.83 bits per heavy atom. The van der Waals surface area contributed by atoms with Crippen LogP contribution in [0.1, 0.15) is 10.4 Å². The molecule has 0 saturated carbocycles. The number of nitrogens with two attached hydrogens (primary N) is 1. The van der Waals surface area contributed by atoms with E-state index in [0.717, 1.165) is 0 Å². The van der Waals surface area contributed by atoms with E-state index >= 15 is 0 Å². The number of nitrogens with one attached hydrogen (secondary N) is 2. The molecule has 24 heavy (non-hydrogen) atoms. The SMILES string of the molecule is NC(=O)c1ccccc1NCC(=O)Nc1cc2c(cc1Cl)OCO2. The Balaban J connectivity index is 1.66. The maximum Gasteiger partial charge on any atom is 0.250 e. The first-order valence-electron chi connectivity index (χ1n) is 7.06. The van der Waals surface area contributed by atoms with E-state index in [1.807, 2.05) is 0 Å². The van der Waals surface area contributed by atoms with Crippen molar-refractivity contribution < 1.29 is 19.1 Å². The van der Waals surface area contributed by atoms with Crippen molar-refractivity contribution in [2.75, 3.05) is 24.0 Å². The summed E-state index contributed by atoms with van der Waals surface area (Å²) in [5.41, 5.74) is 6.50. The first-order chi connectivity index (χ1) is 11.5. The molecule has 124 valence electrons. The van der Waals surface area contributed by atoms with Gasteiger partial charge in [-0.05, 0) is 12.1 Å². The summed E-state index contributed by atoms with van der Waals surface area (Å²) in [4.78, 5) is 23.4. The molecule has 0 unspecified atom stereocenters. The normalized spacial score (nSPS) is 11.9. The van der Waals surface area contributed by atoms with Crippen molar-refractivity contribution in [3.8, 4) is 11.5 Å². The summed E-state index contributed by atoms with van der Waals surface area (Å²) < 4.78 is 10.5. The molecule has 0 bridgehead atoms. The number of rotatable bonds is 5. The van der Waals surface area contributed by atoms with Crippen molar-refractivity contribution in [1.29, 1.82) is 0 Å². The third-order valence-corrected chi connectivity index (χ3v) is 3.68. The highest BCUT2D eigenvalue weighted by molar-refractivity contribution is 6.34. The lowest BCUT2D eigenvalue weighted by molar-refractivity contribution is -0.114. The largest absolute Gasteiger partial charge is 0.454 e. The van der Waals surface area contributed by atoms with Crippen LogP contribution < -0.4 is 25.8 Å². The third kappa shape index (κ3) is 3.36. The summed E-state index contributed by atoms with van der Waals surface area (Å²) >= 11 is 6.10. The zero-order chi connectivity index (χ0) is 17.1. The lowest BCUT2D eigenvalue weighted by atomic mass is 10.1. The van der Waals surface area contributed by atoms with Crippen molar-refractivity contribution in [3.05, 3.63) is 47.0 Å². The fourth-order valence-electron chi connectivity index (χ4n) is 2.23. The molecular formula is C16H14ClN3O4. The minimum atomic E-state index is -0.572. The predicted octanol–water partition coefficient (Wildman–Crippen LogP) is 2.22. The third-order valence-electron chi connectivity index (χ3n) is 3.37. The van der Waals surface area contributed by atoms with Crippen molar-refractivity contribution in [2.45, 2.75) is 0 Å². The Morgan fingerprint density at radius 3 is 2.58 bits per heavy atom. The zero-order valence-electron chi connectivity index (χ0n) is 12.5. The van der Waals surface area contributed by atoms with Crippen LogP contribution in [0.2, 0.25) is 5.02 Å². The molecular weight excluding hydrogens is 334 g/mol. The van der Waals surface area contributed by atoms with Gasteiger partial charge in [0.05, 0.1) is 22.8 Å². The number of para-hydroxylation sites is 1. The van der Waals surface area contributed by atoms with Crippen molar-refractivity contribution in [3.63, 3.8) is 0 Å². The number of carbonyl (C=O) groups excluding carboxylic acids is 2. The van der Waals surface area contributed by atoms with Crippen LogP contribution in [-0.2, 0) is 4.79 Å². The smallest absolute Gasteiger partial charge is 0.250 e. The van der Waals surface area contributed by atoms with Gasteiger partial charge in [0.1, 0.15) is 0 Å². The Morgan fingerprint density at radius 1 is 1.12 bits per heavy atom. The van der Waals surface area contributed by atoms with E-state index in [0.29, 0.717) is 33.5 Å². The van der Waals surface area contributed by atoms with E-state index in [-0.39, 0.29) is 19.2 Å². The number of benzene rings is 2. The minimum absolute atomic E-state index is 0.0605. The highest BCUT2D eigenvalue weighted by Crippen LogP contribution is 2.39. The minimum Gasteiger partial charge on any atom is -0.454 e. The number of hydrogen-bond donors (Lipinski definition) is 3. The second kappa shape index (κ2) is 6.67. The molecule has 0 aliphatic carbocycles. The Bertz CT molecular complexity index is 810. The highest BCUT2D eigenvalue weighted by Gasteiger charge is 2.17. The van der Waals surface area contributed by atoms with Gasteiger partial charge in [0.2, 0.25) is 12.7 Å². The van der Waals surface area contributed by atoms with Gasteiger partial charge in [0.25, 0.3) is 5.91 Å². The topological polar surface area (TPSA) is 103 Å². The molecule has 0 fully saturated rings. The number of primary amides is 1. The molecule has 1 aliphatic rings. The molecule has 7 nitrogen and oxygen atoms in total. The maximum atomic E-state index is 12.1. The van der Waals surface area contributed by atoms with Gasteiger partial charge >= 0.3 is 0 Å². The highest BCUT2D eigenvalue weighted by atomic mass is 35.5. The van der Waals surface area contributed by atoms with Crippen LogP contribution in [0.3, 0.4) is 0 Å². The molecule has 2 amide bonds. The van der Waals surface area contributed by atoms with Gasteiger partial charge in [-0.3, -0.25) is 9.59 Å². The van der Waals surface area contributed by atoms with Gasteiger partial charge in [-0.2, -0.15) is 0 Å². The summed E-state index contributed by atoms with van der Waals surface area (Å²) in [6.07, 6.45) is 0. The van der Waals surface area contributed by atoms with Crippen molar-refractivity contribution in [1.82, 2.24) is 0 Å². The average molecular weight is 348 g/mol. The first kappa shape index (κ1) is 15.9. The molecule has 2 aromatic carbocycles. The van der Waals surface area contributed by atoms with Crippen LogP contribution in [0, 0.1) is 0 Å². The molecule has 4 N–H and O–H groups in total. The molecule has 0 spiro atoms. The summed E-state index contributed by atoms with van der Waals surface area (Å²) in [7, 11) is 0. The number of halogens is 1. The van der Waals surface area contributed by atoms with Crippen LogP contribution >= 0.6 is 11.6 Å². The summed E-state index contributed by atoms with van der Waals surface area (Å²) in [5, 5.41) is 5.89. The molecule has 0 aromatic heterocycles. The number of anilines is 2. The zero-order valence-corrected chi connectivity index (χ0v) is 13.2. The monoisotopic (exact) mass is 347 g/mol. The van der Waals surface area contributed by atoms with Crippen LogP contribution in [0.5, 0.6) is 11.5 Å². The molecule has 3 rings (SSSR count). The molecule has 1 heterocycles. The first-order valence-corrected chi connectivity index (χ1v) is 7.44. The lowest BCUT2D eigenvalue weighted by Crippen LogP contribution is -2.23. The van der Waals surface area contributed by atoms with Gasteiger partial charge < -0.3 is 25.8 Å². The lowest BCUT2D eigenvalue weighted by Gasteiger charge is -2.11. The van der Waals surface area contributed by atoms with Crippen molar-refractivity contribution >= 4 is 34.8 Å². The molecule has 0 atom stereocenters. The predicted molar refractivity (Wildman–Crippen MR) is 89.7 cm³/mol. The second-order valence-electron chi connectivity index (χ2n) is 5.00. The van der Waals surface area contributed by atoms with E-state index < -0.39 is 5.91 Å². The molecule has 0 radical (unpaired) electrons. The Labute approximate surface area is 142 Å². The Hall–Kier alpha value is -2.93. The van der Waals surface area contributed by atoms with Crippen LogP contribution in [0.15, 0.2) is 36.4 Å². The Kier molecular flexibility index (Phi) is 4.43. The fourth-order valence-corrected chi connectivity index (χ4v) is 2.44.